The molecule has 1 aliphatic rings. The summed E-state index contributed by atoms with van der Waals surface area (Å²) in [4.78, 5) is 29.0. The molecule has 0 spiro atoms. The van der Waals surface area contributed by atoms with Gasteiger partial charge in [-0.2, -0.15) is 0 Å². The van der Waals surface area contributed by atoms with Crippen LogP contribution >= 0.6 is 0 Å². The fourth-order valence-corrected chi connectivity index (χ4v) is 2.98. The first-order valence-electron chi connectivity index (χ1n) is 10.0. The van der Waals surface area contributed by atoms with E-state index in [0.29, 0.717) is 16.9 Å². The summed E-state index contributed by atoms with van der Waals surface area (Å²) in [7, 11) is 0. The Morgan fingerprint density at radius 3 is 2.55 bits per heavy atom. The molecule has 1 fully saturated rings. The number of rotatable bonds is 7. The van der Waals surface area contributed by atoms with Crippen LogP contribution in [0.1, 0.15) is 44.8 Å². The molecular weight excluding hydrogens is 397 g/mol. The molecule has 2 amide bonds. The van der Waals surface area contributed by atoms with E-state index in [1.807, 2.05) is 13.0 Å². The standard InChI is InChI=1S/C24H22FN3O3/c1-15-5-6-17(23(29)27-18-8-9-18)13-21(15)28-24(30)16-7-10-22(20(25)12-16)31-14-19-4-2-3-11-26-19/h2-7,10-13,18H,8-9,14H2,1H3,(H,27,29)(H,28,30). The molecule has 1 heterocycles. The van der Waals surface area contributed by atoms with Gasteiger partial charge < -0.3 is 15.4 Å². The first-order valence-corrected chi connectivity index (χ1v) is 10.0. The summed E-state index contributed by atoms with van der Waals surface area (Å²) in [5.74, 6) is -1.24. The van der Waals surface area contributed by atoms with Crippen LogP contribution in [0.25, 0.3) is 0 Å². The first kappa shape index (κ1) is 20.5. The molecule has 0 radical (unpaired) electrons. The summed E-state index contributed by atoms with van der Waals surface area (Å²) in [5, 5.41) is 5.68. The highest BCUT2D eigenvalue weighted by molar-refractivity contribution is 6.05. The topological polar surface area (TPSA) is 80.3 Å². The Balaban J connectivity index is 1.43. The van der Waals surface area contributed by atoms with Gasteiger partial charge in [-0.05, 0) is 67.8 Å². The third kappa shape index (κ3) is 5.25. The Bertz CT molecular complexity index is 1110. The number of amides is 2. The summed E-state index contributed by atoms with van der Waals surface area (Å²) in [6.45, 7) is 1.95. The number of aromatic nitrogens is 1. The van der Waals surface area contributed by atoms with E-state index in [-0.39, 0.29) is 29.9 Å². The number of halogens is 1. The van der Waals surface area contributed by atoms with Crippen LogP contribution in [0.2, 0.25) is 0 Å². The molecule has 0 unspecified atom stereocenters. The van der Waals surface area contributed by atoms with Crippen molar-refractivity contribution >= 4 is 17.5 Å². The van der Waals surface area contributed by atoms with Crippen LogP contribution in [0.5, 0.6) is 5.75 Å². The van der Waals surface area contributed by atoms with Crippen molar-refractivity contribution < 1.29 is 18.7 Å². The van der Waals surface area contributed by atoms with Crippen molar-refractivity contribution in [1.82, 2.24) is 10.3 Å². The van der Waals surface area contributed by atoms with Crippen LogP contribution in [0.4, 0.5) is 10.1 Å². The van der Waals surface area contributed by atoms with Gasteiger partial charge in [-0.25, -0.2) is 4.39 Å². The molecule has 1 aliphatic carbocycles. The van der Waals surface area contributed by atoms with Crippen molar-refractivity contribution in [2.24, 2.45) is 0 Å². The van der Waals surface area contributed by atoms with Gasteiger partial charge in [0.25, 0.3) is 11.8 Å². The average Bonchev–Trinajstić information content (AvgIpc) is 3.59. The SMILES string of the molecule is Cc1ccc(C(=O)NC2CC2)cc1NC(=O)c1ccc(OCc2ccccn2)c(F)c1. The van der Waals surface area contributed by atoms with Gasteiger partial charge in [-0.3, -0.25) is 14.6 Å². The van der Waals surface area contributed by atoms with Crippen molar-refractivity contribution in [3.8, 4) is 5.75 Å². The smallest absolute Gasteiger partial charge is 0.255 e. The Hall–Kier alpha value is -3.74. The maximum absolute atomic E-state index is 14.5. The molecular formula is C24H22FN3O3. The lowest BCUT2D eigenvalue weighted by atomic mass is 10.1. The lowest BCUT2D eigenvalue weighted by Crippen LogP contribution is -2.25. The second kappa shape index (κ2) is 8.95. The second-order valence-corrected chi connectivity index (χ2v) is 7.49. The van der Waals surface area contributed by atoms with Crippen molar-refractivity contribution in [3.63, 3.8) is 0 Å². The molecule has 0 aliphatic heterocycles. The lowest BCUT2D eigenvalue weighted by molar-refractivity contribution is 0.0949. The lowest BCUT2D eigenvalue weighted by Gasteiger charge is -2.12. The summed E-state index contributed by atoms with van der Waals surface area (Å²) < 4.78 is 19.9. The van der Waals surface area contributed by atoms with Gasteiger partial charge in [0.1, 0.15) is 6.61 Å². The molecule has 3 aromatic rings. The predicted octanol–water partition coefficient (Wildman–Crippen LogP) is 4.25. The Morgan fingerprint density at radius 1 is 1.06 bits per heavy atom. The molecule has 2 aromatic carbocycles. The number of anilines is 1. The Kier molecular flexibility index (Phi) is 5.93. The molecule has 6 nitrogen and oxygen atoms in total. The van der Waals surface area contributed by atoms with E-state index in [4.69, 9.17) is 4.74 Å². The number of nitrogens with zero attached hydrogens (tertiary/aromatic N) is 1. The maximum atomic E-state index is 14.5. The molecule has 4 rings (SSSR count). The zero-order valence-electron chi connectivity index (χ0n) is 17.0. The number of benzene rings is 2. The Morgan fingerprint density at radius 2 is 1.84 bits per heavy atom. The van der Waals surface area contributed by atoms with Gasteiger partial charge in [0.05, 0.1) is 5.69 Å². The van der Waals surface area contributed by atoms with Crippen molar-refractivity contribution in [2.45, 2.75) is 32.4 Å². The minimum Gasteiger partial charge on any atom is -0.484 e. The zero-order chi connectivity index (χ0) is 21.8. The van der Waals surface area contributed by atoms with Gasteiger partial charge in [0.15, 0.2) is 11.6 Å². The second-order valence-electron chi connectivity index (χ2n) is 7.49. The third-order valence-electron chi connectivity index (χ3n) is 4.96. The highest BCUT2D eigenvalue weighted by atomic mass is 19.1. The van der Waals surface area contributed by atoms with E-state index >= 15 is 0 Å². The third-order valence-corrected chi connectivity index (χ3v) is 4.96. The van der Waals surface area contributed by atoms with Crippen LogP contribution in [0.15, 0.2) is 60.8 Å². The summed E-state index contributed by atoms with van der Waals surface area (Å²) >= 11 is 0. The maximum Gasteiger partial charge on any atom is 0.255 e. The number of ether oxygens (including phenoxy) is 1. The minimum absolute atomic E-state index is 0.0390. The van der Waals surface area contributed by atoms with Crippen molar-refractivity contribution in [3.05, 3.63) is 89.0 Å². The van der Waals surface area contributed by atoms with Gasteiger partial charge in [-0.15, -0.1) is 0 Å². The largest absolute Gasteiger partial charge is 0.484 e. The summed E-state index contributed by atoms with van der Waals surface area (Å²) in [5.41, 5.74) is 2.59. The molecule has 1 aromatic heterocycles. The van der Waals surface area contributed by atoms with Gasteiger partial charge in [0, 0.05) is 29.1 Å². The van der Waals surface area contributed by atoms with Crippen LogP contribution in [-0.4, -0.2) is 22.8 Å². The quantitative estimate of drug-likeness (QED) is 0.600. The molecule has 0 bridgehead atoms. The number of carbonyl (C=O) groups is 2. The van der Waals surface area contributed by atoms with E-state index in [1.54, 1.807) is 36.5 Å². The van der Waals surface area contributed by atoms with E-state index in [1.165, 1.54) is 12.1 Å². The molecule has 0 saturated heterocycles. The molecule has 31 heavy (non-hydrogen) atoms. The van der Waals surface area contributed by atoms with Crippen molar-refractivity contribution in [1.29, 1.82) is 0 Å². The van der Waals surface area contributed by atoms with Crippen LogP contribution in [-0.2, 0) is 6.61 Å². The van der Waals surface area contributed by atoms with Crippen LogP contribution < -0.4 is 15.4 Å². The van der Waals surface area contributed by atoms with E-state index in [2.05, 4.69) is 15.6 Å². The highest BCUT2D eigenvalue weighted by Gasteiger charge is 2.24. The van der Waals surface area contributed by atoms with Crippen molar-refractivity contribution in [2.75, 3.05) is 5.32 Å². The predicted molar refractivity (Wildman–Crippen MR) is 115 cm³/mol. The monoisotopic (exact) mass is 419 g/mol. The normalized spacial score (nSPS) is 12.8. The highest BCUT2D eigenvalue weighted by Crippen LogP contribution is 2.23. The van der Waals surface area contributed by atoms with Crippen LogP contribution in [0.3, 0.4) is 0 Å². The zero-order valence-corrected chi connectivity index (χ0v) is 17.0. The number of nitrogens with one attached hydrogen (secondary N) is 2. The first-order chi connectivity index (χ1) is 15.0. The fraction of sp³-hybridized carbons (Fsp3) is 0.208. The van der Waals surface area contributed by atoms with Gasteiger partial charge >= 0.3 is 0 Å². The van der Waals surface area contributed by atoms with Crippen LogP contribution in [0, 0.1) is 12.7 Å². The fourth-order valence-electron chi connectivity index (χ4n) is 2.98. The summed E-state index contributed by atoms with van der Waals surface area (Å²) in [6.07, 6.45) is 3.62. The average molecular weight is 419 g/mol. The number of hydrogen-bond acceptors (Lipinski definition) is 4. The molecule has 7 heteroatoms. The van der Waals surface area contributed by atoms with E-state index in [0.717, 1.165) is 24.5 Å². The van der Waals surface area contributed by atoms with E-state index < -0.39 is 11.7 Å². The minimum atomic E-state index is -0.641. The van der Waals surface area contributed by atoms with Gasteiger partial charge in [0.2, 0.25) is 0 Å². The summed E-state index contributed by atoms with van der Waals surface area (Å²) in [6, 6.07) is 14.8. The van der Waals surface area contributed by atoms with E-state index in [9.17, 15) is 14.0 Å². The number of carbonyl (C=O) groups excluding carboxylic acids is 2. The van der Waals surface area contributed by atoms with Gasteiger partial charge in [-0.1, -0.05) is 12.1 Å². The molecule has 1 saturated carbocycles. The Labute approximate surface area is 179 Å². The number of hydrogen-bond donors (Lipinski definition) is 2. The number of pyridine rings is 1. The molecule has 0 atom stereocenters. The molecule has 2 N–H and O–H groups in total. The number of aryl methyl sites for hydroxylation is 1. The molecule has 158 valence electrons.